The summed E-state index contributed by atoms with van der Waals surface area (Å²) in [6.07, 6.45) is 1.79. The van der Waals surface area contributed by atoms with E-state index < -0.39 is 0 Å². The van der Waals surface area contributed by atoms with E-state index in [-0.39, 0.29) is 35.2 Å². The Kier molecular flexibility index (Phi) is 9.85. The number of benzene rings is 1. The maximum Gasteiger partial charge on any atom is 0.191 e. The summed E-state index contributed by atoms with van der Waals surface area (Å²) in [5, 5.41) is 11.1. The van der Waals surface area contributed by atoms with Gasteiger partial charge in [-0.15, -0.1) is 24.0 Å². The number of rotatable bonds is 7. The summed E-state index contributed by atoms with van der Waals surface area (Å²) < 4.78 is 19.0. The van der Waals surface area contributed by atoms with Crippen LogP contribution in [0.5, 0.6) is 0 Å². The van der Waals surface area contributed by atoms with Gasteiger partial charge in [-0.3, -0.25) is 4.99 Å². The molecule has 0 radical (unpaired) electrons. The van der Waals surface area contributed by atoms with Gasteiger partial charge in [-0.1, -0.05) is 19.1 Å². The largest absolute Gasteiger partial charge is 0.381 e. The second-order valence-corrected chi connectivity index (χ2v) is 8.21. The molecule has 2 aromatic rings. The molecule has 4 nitrogen and oxygen atoms in total. The SMILES string of the molecule is CCNC(=NCC1(c2ccc(F)cc2)CCOCC1)NCC(C)c1ccsc1.I. The molecule has 2 heterocycles. The Morgan fingerprint density at radius 1 is 1.21 bits per heavy atom. The van der Waals surface area contributed by atoms with E-state index in [1.165, 1.54) is 5.56 Å². The van der Waals surface area contributed by atoms with Crippen LogP contribution in [0.15, 0.2) is 46.1 Å². The van der Waals surface area contributed by atoms with Crippen LogP contribution in [0.2, 0.25) is 0 Å². The molecular weight excluding hydrogens is 500 g/mol. The van der Waals surface area contributed by atoms with Crippen LogP contribution in [0.3, 0.4) is 0 Å². The maximum atomic E-state index is 13.4. The van der Waals surface area contributed by atoms with Crippen molar-refractivity contribution in [3.63, 3.8) is 0 Å². The fraction of sp³-hybridized carbons (Fsp3) is 0.500. The molecule has 1 unspecified atom stereocenters. The molecule has 0 saturated carbocycles. The van der Waals surface area contributed by atoms with Crippen molar-refractivity contribution in [1.82, 2.24) is 10.6 Å². The van der Waals surface area contributed by atoms with Crippen molar-refractivity contribution in [1.29, 1.82) is 0 Å². The van der Waals surface area contributed by atoms with E-state index in [0.717, 1.165) is 37.5 Å². The van der Waals surface area contributed by atoms with Crippen molar-refractivity contribution in [3.05, 3.63) is 58.0 Å². The molecule has 1 atom stereocenters. The van der Waals surface area contributed by atoms with Gasteiger partial charge in [0.1, 0.15) is 5.82 Å². The first kappa shape index (κ1) is 24.1. The van der Waals surface area contributed by atoms with Crippen molar-refractivity contribution in [3.8, 4) is 0 Å². The van der Waals surface area contributed by atoms with Crippen molar-refractivity contribution >= 4 is 41.3 Å². The zero-order valence-corrected chi connectivity index (χ0v) is 20.3. The smallest absolute Gasteiger partial charge is 0.191 e. The van der Waals surface area contributed by atoms with E-state index >= 15 is 0 Å². The summed E-state index contributed by atoms with van der Waals surface area (Å²) in [7, 11) is 0. The first-order valence-electron chi connectivity index (χ1n) is 10.0. The highest BCUT2D eigenvalue weighted by molar-refractivity contribution is 14.0. The number of hydrogen-bond acceptors (Lipinski definition) is 3. The van der Waals surface area contributed by atoms with E-state index in [1.54, 1.807) is 23.5 Å². The van der Waals surface area contributed by atoms with E-state index in [1.807, 2.05) is 12.1 Å². The predicted octanol–water partition coefficient (Wildman–Crippen LogP) is 4.91. The van der Waals surface area contributed by atoms with Crippen molar-refractivity contribution in [2.45, 2.75) is 38.0 Å². The van der Waals surface area contributed by atoms with Crippen LogP contribution in [-0.4, -0.2) is 38.8 Å². The zero-order valence-electron chi connectivity index (χ0n) is 17.1. The molecule has 1 saturated heterocycles. The topological polar surface area (TPSA) is 45.7 Å². The van der Waals surface area contributed by atoms with Crippen LogP contribution in [0, 0.1) is 5.82 Å². The Balaban J connectivity index is 0.00000300. The molecule has 1 aromatic heterocycles. The molecule has 2 N–H and O–H groups in total. The standard InChI is InChI=1S/C22H30FN3OS.HI/c1-3-24-21(25-14-17(2)18-8-13-28-15-18)26-16-22(9-11-27-12-10-22)19-4-6-20(23)7-5-19;/h4-8,13,15,17H,3,9-12,14,16H2,1-2H3,(H2,24,25,26);1H. The lowest BCUT2D eigenvalue weighted by Crippen LogP contribution is -2.42. The number of ether oxygens (including phenoxy) is 1. The van der Waals surface area contributed by atoms with Crippen LogP contribution >= 0.6 is 35.3 Å². The van der Waals surface area contributed by atoms with Crippen LogP contribution in [-0.2, 0) is 10.2 Å². The van der Waals surface area contributed by atoms with Crippen LogP contribution in [0.4, 0.5) is 4.39 Å². The maximum absolute atomic E-state index is 13.4. The van der Waals surface area contributed by atoms with Crippen LogP contribution in [0.1, 0.15) is 43.7 Å². The highest BCUT2D eigenvalue weighted by atomic mass is 127. The fourth-order valence-electron chi connectivity index (χ4n) is 3.60. The summed E-state index contributed by atoms with van der Waals surface area (Å²) >= 11 is 1.73. The van der Waals surface area contributed by atoms with Gasteiger partial charge in [0.2, 0.25) is 0 Å². The van der Waals surface area contributed by atoms with E-state index in [4.69, 9.17) is 9.73 Å². The third kappa shape index (κ3) is 6.65. The minimum absolute atomic E-state index is 0. The quantitative estimate of drug-likeness (QED) is 0.303. The lowest BCUT2D eigenvalue weighted by atomic mass is 9.74. The number of hydrogen-bond donors (Lipinski definition) is 2. The van der Waals surface area contributed by atoms with E-state index in [9.17, 15) is 4.39 Å². The van der Waals surface area contributed by atoms with Crippen LogP contribution < -0.4 is 10.6 Å². The number of nitrogens with one attached hydrogen (secondary N) is 2. The minimum atomic E-state index is -0.202. The Hall–Kier alpha value is -1.19. The Bertz CT molecular complexity index is 746. The normalized spacial score (nSPS) is 17.3. The number of nitrogens with zero attached hydrogens (tertiary/aromatic N) is 1. The Labute approximate surface area is 194 Å². The molecule has 0 amide bonds. The monoisotopic (exact) mass is 531 g/mol. The average molecular weight is 531 g/mol. The molecule has 3 rings (SSSR count). The second kappa shape index (κ2) is 11.9. The molecule has 1 fully saturated rings. The fourth-order valence-corrected chi connectivity index (χ4v) is 4.38. The molecule has 0 aliphatic carbocycles. The molecule has 7 heteroatoms. The highest BCUT2D eigenvalue weighted by Gasteiger charge is 2.34. The van der Waals surface area contributed by atoms with Gasteiger partial charge in [0, 0.05) is 31.7 Å². The first-order chi connectivity index (χ1) is 13.6. The summed E-state index contributed by atoms with van der Waals surface area (Å²) in [6, 6.07) is 9.06. The van der Waals surface area contributed by atoms with Gasteiger partial charge < -0.3 is 15.4 Å². The van der Waals surface area contributed by atoms with Crippen molar-refractivity contribution in [2.75, 3.05) is 32.8 Å². The summed E-state index contributed by atoms with van der Waals surface area (Å²) in [6.45, 7) is 8.02. The zero-order chi connectivity index (χ0) is 19.8. The number of thiophene rings is 1. The van der Waals surface area contributed by atoms with Gasteiger partial charge in [0.05, 0.1) is 6.54 Å². The summed E-state index contributed by atoms with van der Waals surface area (Å²) in [5.41, 5.74) is 2.39. The summed E-state index contributed by atoms with van der Waals surface area (Å²) in [5.74, 6) is 1.05. The predicted molar refractivity (Wildman–Crippen MR) is 130 cm³/mol. The van der Waals surface area contributed by atoms with E-state index in [2.05, 4.69) is 41.3 Å². The number of guanidine groups is 1. The van der Waals surface area contributed by atoms with Crippen molar-refractivity contribution in [2.24, 2.45) is 4.99 Å². The van der Waals surface area contributed by atoms with Gasteiger partial charge in [-0.2, -0.15) is 11.3 Å². The van der Waals surface area contributed by atoms with Gasteiger partial charge in [-0.05, 0) is 65.8 Å². The molecule has 160 valence electrons. The van der Waals surface area contributed by atoms with Gasteiger partial charge >= 0.3 is 0 Å². The first-order valence-corrected chi connectivity index (χ1v) is 11.0. The lowest BCUT2D eigenvalue weighted by molar-refractivity contribution is 0.0531. The highest BCUT2D eigenvalue weighted by Crippen LogP contribution is 2.35. The second-order valence-electron chi connectivity index (χ2n) is 7.43. The summed E-state index contributed by atoms with van der Waals surface area (Å²) in [4.78, 5) is 4.91. The Morgan fingerprint density at radius 2 is 1.93 bits per heavy atom. The lowest BCUT2D eigenvalue weighted by Gasteiger charge is -2.36. The molecule has 29 heavy (non-hydrogen) atoms. The van der Waals surface area contributed by atoms with E-state index in [0.29, 0.717) is 25.7 Å². The minimum Gasteiger partial charge on any atom is -0.381 e. The van der Waals surface area contributed by atoms with Gasteiger partial charge in [0.15, 0.2) is 5.96 Å². The molecular formula is C22H31FIN3OS. The van der Waals surface area contributed by atoms with Crippen LogP contribution in [0.25, 0.3) is 0 Å². The number of aliphatic imine (C=N–C) groups is 1. The molecule has 1 aliphatic heterocycles. The third-order valence-electron chi connectivity index (χ3n) is 5.48. The van der Waals surface area contributed by atoms with Gasteiger partial charge in [0.25, 0.3) is 0 Å². The molecule has 1 aliphatic rings. The molecule has 0 spiro atoms. The molecule has 1 aromatic carbocycles. The average Bonchev–Trinajstić information content (AvgIpc) is 3.26. The van der Waals surface area contributed by atoms with Gasteiger partial charge in [-0.25, -0.2) is 4.39 Å². The molecule has 0 bridgehead atoms. The third-order valence-corrected chi connectivity index (χ3v) is 6.18. The number of halogens is 2. The Morgan fingerprint density at radius 3 is 2.55 bits per heavy atom. The van der Waals surface area contributed by atoms with Crippen molar-refractivity contribution < 1.29 is 9.13 Å².